The van der Waals surface area contributed by atoms with E-state index in [4.69, 9.17) is 14.2 Å². The van der Waals surface area contributed by atoms with E-state index in [1.165, 1.54) is 0 Å². The summed E-state index contributed by atoms with van der Waals surface area (Å²) in [6.45, 7) is 2.09. The first-order chi connectivity index (χ1) is 7.26. The van der Waals surface area contributed by atoms with E-state index in [9.17, 15) is 0 Å². The fraction of sp³-hybridized carbons (Fsp3) is 0.417. The zero-order chi connectivity index (χ0) is 11.3. The fourth-order valence-electron chi connectivity index (χ4n) is 1.45. The van der Waals surface area contributed by atoms with Crippen LogP contribution < -0.4 is 14.2 Å². The minimum absolute atomic E-state index is 0.633. The average Bonchev–Trinajstić information content (AvgIpc) is 2.28. The Morgan fingerprint density at radius 2 is 1.53 bits per heavy atom. The van der Waals surface area contributed by atoms with E-state index in [0.29, 0.717) is 17.2 Å². The quantitative estimate of drug-likeness (QED) is 0.746. The molecule has 0 saturated heterocycles. The van der Waals surface area contributed by atoms with E-state index in [-0.39, 0.29) is 0 Å². The highest BCUT2D eigenvalue weighted by Crippen LogP contribution is 2.38. The number of ether oxygens (including phenoxy) is 3. The van der Waals surface area contributed by atoms with Crippen LogP contribution in [0.4, 0.5) is 0 Å². The van der Waals surface area contributed by atoms with Gasteiger partial charge in [-0.15, -0.1) is 0 Å². The van der Waals surface area contributed by atoms with E-state index in [1.54, 1.807) is 21.3 Å². The standard InChI is InChI=1S/C12H17O3/c1-5-6-9-7-10(13-2)12(15-4)11(8-9)14-3/h6-8H,5H2,1-4H3. The summed E-state index contributed by atoms with van der Waals surface area (Å²) in [5.41, 5.74) is 1.08. The summed E-state index contributed by atoms with van der Waals surface area (Å²) >= 11 is 0. The van der Waals surface area contributed by atoms with Crippen LogP contribution >= 0.6 is 0 Å². The SMILES string of the molecule is CC[CH]c1cc(OC)c(OC)c(OC)c1. The number of methoxy groups -OCH3 is 3. The summed E-state index contributed by atoms with van der Waals surface area (Å²) in [7, 11) is 4.84. The molecule has 0 saturated carbocycles. The third-order valence-electron chi connectivity index (χ3n) is 2.13. The molecule has 0 aromatic heterocycles. The van der Waals surface area contributed by atoms with Crippen molar-refractivity contribution in [2.75, 3.05) is 21.3 Å². The van der Waals surface area contributed by atoms with Gasteiger partial charge in [0.15, 0.2) is 11.5 Å². The maximum Gasteiger partial charge on any atom is 0.203 e. The molecular formula is C12H17O3. The summed E-state index contributed by atoms with van der Waals surface area (Å²) in [6, 6.07) is 3.87. The highest BCUT2D eigenvalue weighted by Gasteiger charge is 2.12. The van der Waals surface area contributed by atoms with Crippen molar-refractivity contribution in [1.82, 2.24) is 0 Å². The van der Waals surface area contributed by atoms with Crippen molar-refractivity contribution >= 4 is 0 Å². The van der Waals surface area contributed by atoms with Crippen LogP contribution in [-0.2, 0) is 0 Å². The Kier molecular flexibility index (Phi) is 4.28. The second-order valence-corrected chi connectivity index (χ2v) is 3.07. The number of hydrogen-bond donors (Lipinski definition) is 0. The Labute approximate surface area is 91.0 Å². The lowest BCUT2D eigenvalue weighted by Crippen LogP contribution is -1.96. The molecule has 0 bridgehead atoms. The van der Waals surface area contributed by atoms with Crippen LogP contribution in [0.3, 0.4) is 0 Å². The Hall–Kier alpha value is -1.38. The molecule has 0 aliphatic heterocycles. The summed E-state index contributed by atoms with van der Waals surface area (Å²) in [5, 5.41) is 0. The largest absolute Gasteiger partial charge is 0.493 e. The Bertz CT molecular complexity index is 296. The molecule has 1 aromatic rings. The topological polar surface area (TPSA) is 27.7 Å². The first-order valence-electron chi connectivity index (χ1n) is 4.90. The van der Waals surface area contributed by atoms with E-state index in [2.05, 4.69) is 13.3 Å². The molecule has 0 unspecified atom stereocenters. The van der Waals surface area contributed by atoms with E-state index in [1.807, 2.05) is 12.1 Å². The lowest BCUT2D eigenvalue weighted by Gasteiger charge is -2.13. The fourth-order valence-corrected chi connectivity index (χ4v) is 1.45. The average molecular weight is 209 g/mol. The minimum Gasteiger partial charge on any atom is -0.493 e. The molecule has 15 heavy (non-hydrogen) atoms. The van der Waals surface area contributed by atoms with E-state index < -0.39 is 0 Å². The zero-order valence-electron chi connectivity index (χ0n) is 9.66. The van der Waals surface area contributed by atoms with Gasteiger partial charge in [0, 0.05) is 0 Å². The molecular weight excluding hydrogens is 192 g/mol. The first kappa shape index (κ1) is 11.7. The van der Waals surface area contributed by atoms with Gasteiger partial charge >= 0.3 is 0 Å². The predicted octanol–water partition coefficient (Wildman–Crippen LogP) is 2.67. The molecule has 83 valence electrons. The maximum atomic E-state index is 5.24. The molecule has 0 aliphatic rings. The maximum absolute atomic E-state index is 5.24. The second kappa shape index (κ2) is 5.49. The minimum atomic E-state index is 0.633. The molecule has 0 N–H and O–H groups in total. The van der Waals surface area contributed by atoms with Crippen LogP contribution in [0, 0.1) is 6.42 Å². The monoisotopic (exact) mass is 209 g/mol. The van der Waals surface area contributed by atoms with Gasteiger partial charge in [-0.3, -0.25) is 0 Å². The lowest BCUT2D eigenvalue weighted by molar-refractivity contribution is 0.324. The van der Waals surface area contributed by atoms with Crippen molar-refractivity contribution in [2.45, 2.75) is 13.3 Å². The van der Waals surface area contributed by atoms with Gasteiger partial charge in [0.2, 0.25) is 5.75 Å². The Balaban J connectivity index is 3.16. The Morgan fingerprint density at radius 1 is 1.00 bits per heavy atom. The summed E-state index contributed by atoms with van der Waals surface area (Å²) in [6.07, 6.45) is 3.07. The van der Waals surface area contributed by atoms with Crippen LogP contribution in [0.5, 0.6) is 17.2 Å². The smallest absolute Gasteiger partial charge is 0.203 e. The molecule has 3 nitrogen and oxygen atoms in total. The molecule has 3 heteroatoms. The van der Waals surface area contributed by atoms with E-state index in [0.717, 1.165) is 12.0 Å². The molecule has 0 amide bonds. The second-order valence-electron chi connectivity index (χ2n) is 3.07. The van der Waals surface area contributed by atoms with Gasteiger partial charge in [0.1, 0.15) is 0 Å². The van der Waals surface area contributed by atoms with Crippen molar-refractivity contribution in [1.29, 1.82) is 0 Å². The van der Waals surface area contributed by atoms with Gasteiger partial charge < -0.3 is 14.2 Å². The van der Waals surface area contributed by atoms with Gasteiger partial charge in [-0.25, -0.2) is 0 Å². The molecule has 0 aliphatic carbocycles. The molecule has 0 spiro atoms. The van der Waals surface area contributed by atoms with Crippen molar-refractivity contribution in [3.8, 4) is 17.2 Å². The van der Waals surface area contributed by atoms with Crippen LogP contribution in [0.25, 0.3) is 0 Å². The van der Waals surface area contributed by atoms with Crippen molar-refractivity contribution in [2.24, 2.45) is 0 Å². The van der Waals surface area contributed by atoms with Crippen LogP contribution in [0.15, 0.2) is 12.1 Å². The summed E-state index contributed by atoms with van der Waals surface area (Å²) in [4.78, 5) is 0. The molecule has 0 heterocycles. The van der Waals surface area contributed by atoms with Gasteiger partial charge in [-0.2, -0.15) is 0 Å². The van der Waals surface area contributed by atoms with Gasteiger partial charge in [0.25, 0.3) is 0 Å². The van der Waals surface area contributed by atoms with Gasteiger partial charge in [0.05, 0.1) is 21.3 Å². The predicted molar refractivity (Wildman–Crippen MR) is 59.8 cm³/mol. The molecule has 1 rings (SSSR count). The van der Waals surface area contributed by atoms with Gasteiger partial charge in [-0.1, -0.05) is 6.92 Å². The molecule has 1 aromatic carbocycles. The first-order valence-corrected chi connectivity index (χ1v) is 4.90. The van der Waals surface area contributed by atoms with Crippen LogP contribution in [0.2, 0.25) is 0 Å². The summed E-state index contributed by atoms with van der Waals surface area (Å²) < 4.78 is 15.7. The number of benzene rings is 1. The molecule has 0 fully saturated rings. The third kappa shape index (κ3) is 2.55. The highest BCUT2D eigenvalue weighted by molar-refractivity contribution is 5.55. The van der Waals surface area contributed by atoms with Crippen LogP contribution in [-0.4, -0.2) is 21.3 Å². The van der Waals surface area contributed by atoms with Crippen LogP contribution in [0.1, 0.15) is 18.9 Å². The zero-order valence-corrected chi connectivity index (χ0v) is 9.66. The normalized spacial score (nSPS) is 9.87. The number of rotatable bonds is 5. The van der Waals surface area contributed by atoms with Crippen molar-refractivity contribution in [3.63, 3.8) is 0 Å². The van der Waals surface area contributed by atoms with Gasteiger partial charge in [-0.05, 0) is 30.5 Å². The molecule has 1 radical (unpaired) electrons. The summed E-state index contributed by atoms with van der Waals surface area (Å²) in [5.74, 6) is 2.02. The van der Waals surface area contributed by atoms with E-state index >= 15 is 0 Å². The molecule has 0 atom stereocenters. The van der Waals surface area contributed by atoms with Crippen molar-refractivity contribution in [3.05, 3.63) is 24.1 Å². The number of hydrogen-bond acceptors (Lipinski definition) is 3. The highest BCUT2D eigenvalue weighted by atomic mass is 16.5. The third-order valence-corrected chi connectivity index (χ3v) is 2.13. The van der Waals surface area contributed by atoms with Crippen molar-refractivity contribution < 1.29 is 14.2 Å². The lowest BCUT2D eigenvalue weighted by atomic mass is 10.1. The Morgan fingerprint density at radius 3 is 1.87 bits per heavy atom.